The maximum Gasteiger partial charge on any atom is 0.338 e. The molecule has 78 valence electrons. The molecule has 0 spiro atoms. The van der Waals surface area contributed by atoms with Gasteiger partial charge in [0.2, 0.25) is 0 Å². The normalized spacial score (nSPS) is 13.9. The number of hydrogen-bond donors (Lipinski definition) is 0. The van der Waals surface area contributed by atoms with Crippen molar-refractivity contribution in [1.29, 1.82) is 0 Å². The van der Waals surface area contributed by atoms with Gasteiger partial charge in [-0.25, -0.2) is 4.79 Å². The molecule has 1 aromatic carbocycles. The van der Waals surface area contributed by atoms with Gasteiger partial charge in [-0.05, 0) is 24.6 Å². The Morgan fingerprint density at radius 3 is 2.87 bits per heavy atom. The highest BCUT2D eigenvalue weighted by Crippen LogP contribution is 2.35. The van der Waals surface area contributed by atoms with Crippen molar-refractivity contribution in [2.24, 2.45) is 0 Å². The van der Waals surface area contributed by atoms with E-state index in [4.69, 9.17) is 0 Å². The fourth-order valence-corrected chi connectivity index (χ4v) is 2.74. The monoisotopic (exact) mass is 222 g/mol. The first-order valence-corrected chi connectivity index (χ1v) is 5.51. The summed E-state index contributed by atoms with van der Waals surface area (Å²) in [6, 6.07) is 3.36. The van der Waals surface area contributed by atoms with E-state index in [0.717, 1.165) is 16.0 Å². The molecular weight excluding hydrogens is 212 g/mol. The summed E-state index contributed by atoms with van der Waals surface area (Å²) >= 11 is 1.49. The van der Waals surface area contributed by atoms with Crippen LogP contribution in [-0.4, -0.2) is 24.6 Å². The van der Waals surface area contributed by atoms with Crippen molar-refractivity contribution in [3.05, 3.63) is 28.8 Å². The highest BCUT2D eigenvalue weighted by Gasteiger charge is 2.24. The van der Waals surface area contributed by atoms with E-state index in [2.05, 4.69) is 4.74 Å². The van der Waals surface area contributed by atoms with Crippen LogP contribution in [0.15, 0.2) is 17.0 Å². The Kier molecular flexibility index (Phi) is 2.52. The molecule has 0 bridgehead atoms. The number of carbonyl (C=O) groups is 2. The maximum absolute atomic E-state index is 11.4. The third-order valence-corrected chi connectivity index (χ3v) is 3.68. The van der Waals surface area contributed by atoms with Crippen LogP contribution in [0.1, 0.15) is 26.3 Å². The van der Waals surface area contributed by atoms with Crippen molar-refractivity contribution in [1.82, 2.24) is 0 Å². The predicted octanol–water partition coefficient (Wildman–Crippen LogP) is 2.07. The van der Waals surface area contributed by atoms with Crippen molar-refractivity contribution in [2.75, 3.05) is 12.9 Å². The lowest BCUT2D eigenvalue weighted by Gasteiger charge is -2.07. The van der Waals surface area contributed by atoms with Gasteiger partial charge in [0.05, 0.1) is 18.4 Å². The number of methoxy groups -OCH3 is 1. The van der Waals surface area contributed by atoms with Crippen LogP contribution in [-0.2, 0) is 4.74 Å². The van der Waals surface area contributed by atoms with Crippen LogP contribution in [0.5, 0.6) is 0 Å². The number of carbonyl (C=O) groups excluding carboxylic acids is 2. The Hall–Kier alpha value is -1.29. The van der Waals surface area contributed by atoms with Crippen molar-refractivity contribution in [3.63, 3.8) is 0 Å². The first-order chi connectivity index (χ1) is 7.15. The molecule has 0 saturated heterocycles. The van der Waals surface area contributed by atoms with E-state index in [1.807, 2.05) is 6.92 Å². The molecule has 0 radical (unpaired) electrons. The molecular formula is C11H10O3S. The first-order valence-electron chi connectivity index (χ1n) is 4.53. The van der Waals surface area contributed by atoms with Gasteiger partial charge in [0.1, 0.15) is 0 Å². The van der Waals surface area contributed by atoms with Gasteiger partial charge < -0.3 is 4.74 Å². The van der Waals surface area contributed by atoms with E-state index >= 15 is 0 Å². The molecule has 1 heterocycles. The Labute approximate surface area is 91.8 Å². The van der Waals surface area contributed by atoms with Crippen molar-refractivity contribution in [3.8, 4) is 0 Å². The van der Waals surface area contributed by atoms with E-state index in [-0.39, 0.29) is 11.8 Å². The van der Waals surface area contributed by atoms with Crippen molar-refractivity contribution < 1.29 is 14.3 Å². The predicted molar refractivity (Wildman–Crippen MR) is 57.6 cm³/mol. The molecule has 0 N–H and O–H groups in total. The van der Waals surface area contributed by atoms with Gasteiger partial charge in [-0.3, -0.25) is 4.79 Å². The number of rotatable bonds is 1. The molecule has 0 unspecified atom stereocenters. The van der Waals surface area contributed by atoms with Crippen molar-refractivity contribution in [2.45, 2.75) is 11.8 Å². The standard InChI is InChI=1S/C11H10O3S/c1-6-7(11(13)14-2)3-4-8-9(12)5-15-10(6)8/h3-4H,5H2,1-2H3. The fourth-order valence-electron chi connectivity index (χ4n) is 1.64. The average molecular weight is 222 g/mol. The number of ketones is 1. The van der Waals surface area contributed by atoms with E-state index in [9.17, 15) is 9.59 Å². The van der Waals surface area contributed by atoms with Gasteiger partial charge in [0, 0.05) is 10.5 Å². The molecule has 2 rings (SSSR count). The molecule has 0 atom stereocenters. The zero-order valence-corrected chi connectivity index (χ0v) is 9.31. The van der Waals surface area contributed by atoms with Gasteiger partial charge in [-0.2, -0.15) is 0 Å². The number of ether oxygens (including phenoxy) is 1. The fraction of sp³-hybridized carbons (Fsp3) is 0.273. The summed E-state index contributed by atoms with van der Waals surface area (Å²) in [4.78, 5) is 23.8. The Bertz CT molecular complexity index is 451. The topological polar surface area (TPSA) is 43.4 Å². The van der Waals surface area contributed by atoms with Crippen LogP contribution in [0.2, 0.25) is 0 Å². The van der Waals surface area contributed by atoms with Crippen molar-refractivity contribution >= 4 is 23.5 Å². The second-order valence-corrected chi connectivity index (χ2v) is 4.30. The maximum atomic E-state index is 11.4. The summed E-state index contributed by atoms with van der Waals surface area (Å²) in [5.74, 6) is 0.255. The second kappa shape index (κ2) is 3.70. The summed E-state index contributed by atoms with van der Waals surface area (Å²) < 4.78 is 4.67. The molecule has 0 saturated carbocycles. The number of esters is 1. The minimum Gasteiger partial charge on any atom is -0.465 e. The van der Waals surface area contributed by atoms with E-state index in [0.29, 0.717) is 11.3 Å². The molecule has 1 aliphatic heterocycles. The Morgan fingerprint density at radius 1 is 1.47 bits per heavy atom. The van der Waals surface area contributed by atoms with Gasteiger partial charge >= 0.3 is 5.97 Å². The lowest BCUT2D eigenvalue weighted by atomic mass is 10.0. The lowest BCUT2D eigenvalue weighted by molar-refractivity contribution is 0.0599. The minimum atomic E-state index is -0.352. The summed E-state index contributed by atoms with van der Waals surface area (Å²) in [6.07, 6.45) is 0. The third kappa shape index (κ3) is 1.55. The summed E-state index contributed by atoms with van der Waals surface area (Å²) in [5, 5.41) is 0. The van der Waals surface area contributed by atoms with Crippen LogP contribution < -0.4 is 0 Å². The van der Waals surface area contributed by atoms with Crippen LogP contribution in [0, 0.1) is 6.92 Å². The molecule has 3 nitrogen and oxygen atoms in total. The summed E-state index contributed by atoms with van der Waals surface area (Å²) in [6.45, 7) is 1.84. The summed E-state index contributed by atoms with van der Waals surface area (Å²) in [5.41, 5.74) is 2.11. The molecule has 4 heteroatoms. The van der Waals surface area contributed by atoms with Crippen LogP contribution in [0.3, 0.4) is 0 Å². The number of hydrogen-bond acceptors (Lipinski definition) is 4. The average Bonchev–Trinajstić information content (AvgIpc) is 2.61. The number of Topliss-reactive ketones (excluding diaryl/α,β-unsaturated/α-hetero) is 1. The van der Waals surface area contributed by atoms with Gasteiger partial charge in [0.25, 0.3) is 0 Å². The summed E-state index contributed by atoms with van der Waals surface area (Å²) in [7, 11) is 1.35. The highest BCUT2D eigenvalue weighted by molar-refractivity contribution is 8.00. The molecule has 15 heavy (non-hydrogen) atoms. The highest BCUT2D eigenvalue weighted by atomic mass is 32.2. The second-order valence-electron chi connectivity index (χ2n) is 3.32. The smallest absolute Gasteiger partial charge is 0.338 e. The molecule has 1 aromatic rings. The van der Waals surface area contributed by atoms with Crippen LogP contribution in [0.4, 0.5) is 0 Å². The van der Waals surface area contributed by atoms with Crippen LogP contribution >= 0.6 is 11.8 Å². The zero-order chi connectivity index (χ0) is 11.0. The zero-order valence-electron chi connectivity index (χ0n) is 8.49. The largest absolute Gasteiger partial charge is 0.465 e. The van der Waals surface area contributed by atoms with E-state index in [1.165, 1.54) is 18.9 Å². The van der Waals surface area contributed by atoms with Gasteiger partial charge in [-0.1, -0.05) is 0 Å². The SMILES string of the molecule is COC(=O)c1ccc2c(c1C)SCC2=O. The number of thioether (sulfide) groups is 1. The molecule has 0 aliphatic carbocycles. The van der Waals surface area contributed by atoms with Crippen LogP contribution in [0.25, 0.3) is 0 Å². The number of fused-ring (bicyclic) bond motifs is 1. The minimum absolute atomic E-state index is 0.134. The van der Waals surface area contributed by atoms with Gasteiger partial charge in [0.15, 0.2) is 5.78 Å². The number of benzene rings is 1. The van der Waals surface area contributed by atoms with E-state index in [1.54, 1.807) is 12.1 Å². The Balaban J connectivity index is 2.55. The lowest BCUT2D eigenvalue weighted by Crippen LogP contribution is -2.05. The molecule has 1 aliphatic rings. The molecule has 0 aromatic heterocycles. The first kappa shape index (κ1) is 10.2. The Morgan fingerprint density at radius 2 is 2.20 bits per heavy atom. The molecule has 0 amide bonds. The molecule has 0 fully saturated rings. The third-order valence-electron chi connectivity index (χ3n) is 2.46. The van der Waals surface area contributed by atoms with E-state index < -0.39 is 0 Å². The van der Waals surface area contributed by atoms with Gasteiger partial charge in [-0.15, -0.1) is 11.8 Å². The quantitative estimate of drug-likeness (QED) is 0.682.